The Hall–Kier alpha value is -3.14. The first-order valence-corrected chi connectivity index (χ1v) is 7.85. The normalized spacial score (nSPS) is 14.7. The summed E-state index contributed by atoms with van der Waals surface area (Å²) in [6, 6.07) is 11.3. The highest BCUT2D eigenvalue weighted by Crippen LogP contribution is 2.20. The van der Waals surface area contributed by atoms with Crippen molar-refractivity contribution in [3.05, 3.63) is 48.4 Å². The zero-order valence-corrected chi connectivity index (χ0v) is 13.1. The van der Waals surface area contributed by atoms with Crippen molar-refractivity contribution in [3.8, 4) is 6.07 Å². The summed E-state index contributed by atoms with van der Waals surface area (Å²) in [5.74, 6) is 0.618. The smallest absolute Gasteiger partial charge is 0.319 e. The third-order valence-electron chi connectivity index (χ3n) is 3.95. The third-order valence-corrected chi connectivity index (χ3v) is 3.95. The van der Waals surface area contributed by atoms with Crippen LogP contribution in [0.3, 0.4) is 0 Å². The average Bonchev–Trinajstić information content (AvgIpc) is 2.63. The molecule has 1 fully saturated rings. The lowest BCUT2D eigenvalue weighted by Crippen LogP contribution is -2.46. The molecule has 0 aliphatic carbocycles. The summed E-state index contributed by atoms with van der Waals surface area (Å²) >= 11 is 0. The van der Waals surface area contributed by atoms with Crippen LogP contribution in [0, 0.1) is 11.3 Å². The van der Waals surface area contributed by atoms with Crippen molar-refractivity contribution in [1.29, 1.82) is 5.26 Å². The van der Waals surface area contributed by atoms with Crippen LogP contribution < -0.4 is 15.5 Å². The standard InChI is InChI=1S/C17H18N6O/c18-12-15-16(20-9-8-19-15)23-10-6-14(7-11-23)22-17(24)21-13-4-2-1-3-5-13/h1-5,8-9,14H,6-7,10-11H2,(H2,21,22,24). The summed E-state index contributed by atoms with van der Waals surface area (Å²) in [7, 11) is 0. The van der Waals surface area contributed by atoms with Crippen LogP contribution in [0.2, 0.25) is 0 Å². The number of nitrogens with zero attached hydrogens (tertiary/aromatic N) is 4. The Kier molecular flexibility index (Phi) is 4.87. The molecule has 1 aromatic heterocycles. The zero-order valence-electron chi connectivity index (χ0n) is 13.1. The monoisotopic (exact) mass is 322 g/mol. The maximum atomic E-state index is 12.0. The van der Waals surface area contributed by atoms with Gasteiger partial charge in [0.1, 0.15) is 6.07 Å². The van der Waals surface area contributed by atoms with Crippen molar-refractivity contribution in [2.24, 2.45) is 0 Å². The van der Waals surface area contributed by atoms with Crippen LogP contribution in [0.5, 0.6) is 0 Å². The number of aromatic nitrogens is 2. The lowest BCUT2D eigenvalue weighted by atomic mass is 10.1. The van der Waals surface area contributed by atoms with E-state index in [0.717, 1.165) is 31.6 Å². The second-order valence-electron chi connectivity index (χ2n) is 5.57. The molecule has 1 aromatic carbocycles. The van der Waals surface area contributed by atoms with E-state index >= 15 is 0 Å². The Balaban J connectivity index is 1.52. The number of nitrogens with one attached hydrogen (secondary N) is 2. The van der Waals surface area contributed by atoms with Gasteiger partial charge < -0.3 is 15.5 Å². The molecular weight excluding hydrogens is 304 g/mol. The van der Waals surface area contributed by atoms with Gasteiger partial charge in [-0.25, -0.2) is 14.8 Å². The Morgan fingerprint density at radius 3 is 2.58 bits per heavy atom. The van der Waals surface area contributed by atoms with Crippen LogP contribution in [0.15, 0.2) is 42.7 Å². The van der Waals surface area contributed by atoms with E-state index in [1.165, 1.54) is 6.20 Å². The van der Waals surface area contributed by atoms with Gasteiger partial charge in [-0.2, -0.15) is 5.26 Å². The van der Waals surface area contributed by atoms with Gasteiger partial charge in [0.05, 0.1) is 0 Å². The van der Waals surface area contributed by atoms with Gasteiger partial charge in [-0.05, 0) is 25.0 Å². The topological polar surface area (TPSA) is 93.9 Å². The second-order valence-corrected chi connectivity index (χ2v) is 5.57. The van der Waals surface area contributed by atoms with Gasteiger partial charge >= 0.3 is 6.03 Å². The number of anilines is 2. The summed E-state index contributed by atoms with van der Waals surface area (Å²) in [6.45, 7) is 1.45. The van der Waals surface area contributed by atoms with Crippen LogP contribution in [0.25, 0.3) is 0 Å². The van der Waals surface area contributed by atoms with Crippen molar-refractivity contribution in [2.45, 2.75) is 18.9 Å². The lowest BCUT2D eigenvalue weighted by Gasteiger charge is -2.33. The third kappa shape index (κ3) is 3.79. The lowest BCUT2D eigenvalue weighted by molar-refractivity contribution is 0.246. The molecule has 2 N–H and O–H groups in total. The molecule has 0 spiro atoms. The number of hydrogen-bond donors (Lipinski definition) is 2. The van der Waals surface area contributed by atoms with E-state index in [2.05, 4.69) is 26.7 Å². The molecule has 1 saturated heterocycles. The highest BCUT2D eigenvalue weighted by molar-refractivity contribution is 5.89. The van der Waals surface area contributed by atoms with Gasteiger partial charge in [0, 0.05) is 37.2 Å². The number of carbonyl (C=O) groups excluding carboxylic acids is 1. The van der Waals surface area contributed by atoms with Gasteiger partial charge in [-0.3, -0.25) is 0 Å². The van der Waals surface area contributed by atoms with E-state index < -0.39 is 0 Å². The van der Waals surface area contributed by atoms with E-state index in [0.29, 0.717) is 11.5 Å². The predicted molar refractivity (Wildman–Crippen MR) is 90.6 cm³/mol. The molecule has 0 bridgehead atoms. The molecule has 7 heteroatoms. The van der Waals surface area contributed by atoms with Gasteiger partial charge in [0.2, 0.25) is 0 Å². The highest BCUT2D eigenvalue weighted by atomic mass is 16.2. The fourth-order valence-electron chi connectivity index (χ4n) is 2.75. The van der Waals surface area contributed by atoms with E-state index in [1.54, 1.807) is 6.20 Å². The van der Waals surface area contributed by atoms with Crippen molar-refractivity contribution < 1.29 is 4.79 Å². The van der Waals surface area contributed by atoms with Gasteiger partial charge in [0.15, 0.2) is 11.5 Å². The minimum atomic E-state index is -0.197. The van der Waals surface area contributed by atoms with Crippen LogP contribution in [0.4, 0.5) is 16.3 Å². The summed E-state index contributed by atoms with van der Waals surface area (Å²) in [5, 5.41) is 14.9. The maximum absolute atomic E-state index is 12.0. The van der Waals surface area contributed by atoms with Crippen molar-refractivity contribution in [2.75, 3.05) is 23.3 Å². The first-order chi connectivity index (χ1) is 11.8. The molecule has 0 unspecified atom stereocenters. The molecule has 2 aromatic rings. The minimum absolute atomic E-state index is 0.104. The van der Waals surface area contributed by atoms with Crippen molar-refractivity contribution in [3.63, 3.8) is 0 Å². The number of piperidine rings is 1. The fourth-order valence-corrected chi connectivity index (χ4v) is 2.75. The molecule has 3 rings (SSSR count). The fraction of sp³-hybridized carbons (Fsp3) is 0.294. The molecule has 0 saturated carbocycles. The number of carbonyl (C=O) groups is 1. The zero-order chi connectivity index (χ0) is 16.8. The number of urea groups is 1. The van der Waals surface area contributed by atoms with Crippen molar-refractivity contribution in [1.82, 2.24) is 15.3 Å². The highest BCUT2D eigenvalue weighted by Gasteiger charge is 2.23. The van der Waals surface area contributed by atoms with Crippen molar-refractivity contribution >= 4 is 17.5 Å². The summed E-state index contributed by atoms with van der Waals surface area (Å²) in [5.41, 5.74) is 1.11. The second kappa shape index (κ2) is 7.42. The van der Waals surface area contributed by atoms with Crippen LogP contribution >= 0.6 is 0 Å². The van der Waals surface area contributed by atoms with Gasteiger partial charge in [-0.15, -0.1) is 0 Å². The number of hydrogen-bond acceptors (Lipinski definition) is 5. The van der Waals surface area contributed by atoms with E-state index in [-0.39, 0.29) is 12.1 Å². The van der Waals surface area contributed by atoms with Gasteiger partial charge in [-0.1, -0.05) is 18.2 Å². The Morgan fingerprint density at radius 1 is 1.17 bits per heavy atom. The molecular formula is C17H18N6O. The average molecular weight is 322 g/mol. The Labute approximate surface area is 140 Å². The molecule has 1 aliphatic rings. The number of para-hydroxylation sites is 1. The van der Waals surface area contributed by atoms with Crippen LogP contribution in [0.1, 0.15) is 18.5 Å². The van der Waals surface area contributed by atoms with Crippen LogP contribution in [-0.4, -0.2) is 35.1 Å². The van der Waals surface area contributed by atoms with E-state index in [9.17, 15) is 4.79 Å². The molecule has 24 heavy (non-hydrogen) atoms. The molecule has 2 amide bonds. The number of rotatable bonds is 3. The first-order valence-electron chi connectivity index (χ1n) is 7.85. The Bertz CT molecular complexity index is 734. The number of nitriles is 1. The molecule has 7 nitrogen and oxygen atoms in total. The number of amides is 2. The SMILES string of the molecule is N#Cc1nccnc1N1CCC(NC(=O)Nc2ccccc2)CC1. The molecule has 2 heterocycles. The molecule has 122 valence electrons. The number of benzene rings is 1. The van der Waals surface area contributed by atoms with Gasteiger partial charge in [0.25, 0.3) is 0 Å². The summed E-state index contributed by atoms with van der Waals surface area (Å²) < 4.78 is 0. The van der Waals surface area contributed by atoms with Crippen LogP contribution in [-0.2, 0) is 0 Å². The van der Waals surface area contributed by atoms with E-state index in [1.807, 2.05) is 35.2 Å². The molecule has 0 atom stereocenters. The first kappa shape index (κ1) is 15.7. The quantitative estimate of drug-likeness (QED) is 0.903. The Morgan fingerprint density at radius 2 is 1.88 bits per heavy atom. The minimum Gasteiger partial charge on any atom is -0.354 e. The molecule has 1 aliphatic heterocycles. The summed E-state index contributed by atoms with van der Waals surface area (Å²) in [4.78, 5) is 22.4. The maximum Gasteiger partial charge on any atom is 0.319 e. The van der Waals surface area contributed by atoms with E-state index in [4.69, 9.17) is 5.26 Å². The molecule has 0 radical (unpaired) electrons. The largest absolute Gasteiger partial charge is 0.354 e. The predicted octanol–water partition coefficient (Wildman–Crippen LogP) is 2.14. The summed E-state index contributed by atoms with van der Waals surface area (Å²) in [6.07, 6.45) is 4.70.